The standard InChI is InChI=1S/C48H88NO7P/c1-3-5-7-9-11-13-15-17-19-21-23-24-26-28-30-32-34-36-38-40-43-53-45-47(46-55-57(51,52)54-44-42-49)56-48(50)41-39-37-35-33-31-29-27-25-22-20-18-16-14-12-10-8-6-4-2/h5,7,11,13,17,19-20,22-24,47H,3-4,6,8-10,12,14-16,18,21,25-46,49H2,1-2H3,(H,51,52)/b7-5-,13-11-,19-17-,22-20-,24-23-. The number of rotatable bonds is 44. The maximum Gasteiger partial charge on any atom is 0.472 e. The fraction of sp³-hybridized carbons (Fsp3) is 0.771. The van der Waals surface area contributed by atoms with Gasteiger partial charge >= 0.3 is 13.8 Å². The van der Waals surface area contributed by atoms with Gasteiger partial charge in [0.25, 0.3) is 0 Å². The van der Waals surface area contributed by atoms with Crippen molar-refractivity contribution < 1.29 is 32.8 Å². The minimum absolute atomic E-state index is 0.0954. The summed E-state index contributed by atoms with van der Waals surface area (Å²) in [4.78, 5) is 22.5. The van der Waals surface area contributed by atoms with Crippen molar-refractivity contribution in [2.75, 3.05) is 33.0 Å². The lowest BCUT2D eigenvalue weighted by molar-refractivity contribution is -0.154. The number of esters is 1. The van der Waals surface area contributed by atoms with Gasteiger partial charge in [-0.1, -0.05) is 177 Å². The van der Waals surface area contributed by atoms with E-state index in [1.165, 1.54) is 109 Å². The summed E-state index contributed by atoms with van der Waals surface area (Å²) in [5, 5.41) is 0. The lowest BCUT2D eigenvalue weighted by Crippen LogP contribution is -2.28. The van der Waals surface area contributed by atoms with E-state index in [9.17, 15) is 14.3 Å². The first-order valence-electron chi connectivity index (χ1n) is 23.3. The maximum absolute atomic E-state index is 12.6. The van der Waals surface area contributed by atoms with E-state index in [4.69, 9.17) is 24.3 Å². The van der Waals surface area contributed by atoms with E-state index in [-0.39, 0.29) is 32.3 Å². The zero-order valence-electron chi connectivity index (χ0n) is 36.8. The Balaban J connectivity index is 4.03. The SMILES string of the molecule is CC/C=C\C/C=C\C/C=C\C/C=C\CCCCCCCCCOCC(COP(=O)(O)OCCN)OC(=O)CCCCCCCCC/C=C\CCCCCCCCC. The first kappa shape index (κ1) is 55.2. The third kappa shape index (κ3) is 45.1. The van der Waals surface area contributed by atoms with Gasteiger partial charge < -0.3 is 20.1 Å². The Morgan fingerprint density at radius 3 is 1.49 bits per heavy atom. The lowest BCUT2D eigenvalue weighted by Gasteiger charge is -2.20. The minimum atomic E-state index is -4.29. The van der Waals surface area contributed by atoms with Crippen LogP contribution >= 0.6 is 7.82 Å². The minimum Gasteiger partial charge on any atom is -0.457 e. The van der Waals surface area contributed by atoms with Crippen molar-refractivity contribution in [1.82, 2.24) is 0 Å². The highest BCUT2D eigenvalue weighted by atomic mass is 31.2. The van der Waals surface area contributed by atoms with Crippen LogP contribution < -0.4 is 5.73 Å². The van der Waals surface area contributed by atoms with Gasteiger partial charge in [0.2, 0.25) is 0 Å². The summed E-state index contributed by atoms with van der Waals surface area (Å²) in [6.07, 6.45) is 55.2. The van der Waals surface area contributed by atoms with Gasteiger partial charge in [-0.15, -0.1) is 0 Å². The highest BCUT2D eigenvalue weighted by Gasteiger charge is 2.25. The van der Waals surface area contributed by atoms with Crippen molar-refractivity contribution in [3.05, 3.63) is 60.8 Å². The van der Waals surface area contributed by atoms with Crippen LogP contribution in [0.3, 0.4) is 0 Å². The molecule has 0 spiro atoms. The number of hydrogen-bond acceptors (Lipinski definition) is 7. The molecule has 0 aliphatic rings. The quantitative estimate of drug-likeness (QED) is 0.0270. The Kier molecular flexibility index (Phi) is 43.9. The van der Waals surface area contributed by atoms with Crippen LogP contribution in [0.2, 0.25) is 0 Å². The van der Waals surface area contributed by atoms with Gasteiger partial charge in [-0.2, -0.15) is 0 Å². The van der Waals surface area contributed by atoms with Crippen molar-refractivity contribution in [3.8, 4) is 0 Å². The van der Waals surface area contributed by atoms with Crippen LogP contribution in [0, 0.1) is 0 Å². The van der Waals surface area contributed by atoms with Crippen LogP contribution in [0.4, 0.5) is 0 Å². The molecule has 0 heterocycles. The van der Waals surface area contributed by atoms with E-state index in [1.807, 2.05) is 0 Å². The second-order valence-electron chi connectivity index (χ2n) is 15.2. The van der Waals surface area contributed by atoms with Gasteiger partial charge in [0.05, 0.1) is 19.8 Å². The summed E-state index contributed by atoms with van der Waals surface area (Å²) in [6, 6.07) is 0. The highest BCUT2D eigenvalue weighted by molar-refractivity contribution is 7.47. The molecular weight excluding hydrogens is 734 g/mol. The molecule has 0 fully saturated rings. The molecule has 0 aromatic rings. The summed E-state index contributed by atoms with van der Waals surface area (Å²) in [7, 11) is -4.29. The molecule has 8 nitrogen and oxygen atoms in total. The molecule has 0 aliphatic carbocycles. The average molecular weight is 822 g/mol. The van der Waals surface area contributed by atoms with E-state index < -0.39 is 13.9 Å². The number of allylic oxidation sites excluding steroid dienone is 10. The Morgan fingerprint density at radius 1 is 0.544 bits per heavy atom. The molecule has 57 heavy (non-hydrogen) atoms. The van der Waals surface area contributed by atoms with E-state index in [0.717, 1.165) is 70.6 Å². The Morgan fingerprint density at radius 2 is 0.982 bits per heavy atom. The molecule has 0 bridgehead atoms. The topological polar surface area (TPSA) is 117 Å². The molecule has 0 saturated heterocycles. The molecule has 0 aromatic carbocycles. The third-order valence-corrected chi connectivity index (χ3v) is 10.7. The number of unbranched alkanes of at least 4 members (excludes halogenated alkanes) is 21. The summed E-state index contributed by atoms with van der Waals surface area (Å²) < 4.78 is 33.5. The van der Waals surface area contributed by atoms with E-state index in [2.05, 4.69) is 74.6 Å². The second kappa shape index (κ2) is 45.3. The third-order valence-electron chi connectivity index (χ3n) is 9.67. The highest BCUT2D eigenvalue weighted by Crippen LogP contribution is 2.43. The number of phosphoric ester groups is 1. The second-order valence-corrected chi connectivity index (χ2v) is 16.7. The largest absolute Gasteiger partial charge is 0.472 e. The van der Waals surface area contributed by atoms with Crippen LogP contribution in [0.1, 0.15) is 200 Å². The Labute approximate surface area is 351 Å². The van der Waals surface area contributed by atoms with E-state index >= 15 is 0 Å². The van der Waals surface area contributed by atoms with Gasteiger partial charge in [-0.25, -0.2) is 4.57 Å². The molecule has 0 rings (SSSR count). The van der Waals surface area contributed by atoms with E-state index in [0.29, 0.717) is 13.0 Å². The average Bonchev–Trinajstić information content (AvgIpc) is 3.20. The molecule has 2 atom stereocenters. The number of ether oxygens (including phenoxy) is 2. The number of carbonyl (C=O) groups is 1. The number of carbonyl (C=O) groups excluding carboxylic acids is 1. The molecular formula is C48H88NO7P. The van der Waals surface area contributed by atoms with Crippen LogP contribution in [-0.4, -0.2) is 49.9 Å². The van der Waals surface area contributed by atoms with Gasteiger partial charge in [-0.3, -0.25) is 13.8 Å². The van der Waals surface area contributed by atoms with Crippen molar-refractivity contribution in [1.29, 1.82) is 0 Å². The normalized spacial score (nSPS) is 14.0. The number of hydrogen-bond donors (Lipinski definition) is 2. The molecule has 0 amide bonds. The maximum atomic E-state index is 12.6. The van der Waals surface area contributed by atoms with Gasteiger partial charge in [0.1, 0.15) is 6.10 Å². The van der Waals surface area contributed by atoms with Crippen molar-refractivity contribution in [2.45, 2.75) is 206 Å². The van der Waals surface area contributed by atoms with Crippen molar-refractivity contribution in [2.24, 2.45) is 5.73 Å². The van der Waals surface area contributed by atoms with Crippen molar-refractivity contribution >= 4 is 13.8 Å². The summed E-state index contributed by atoms with van der Waals surface area (Å²) >= 11 is 0. The van der Waals surface area contributed by atoms with Gasteiger partial charge in [0, 0.05) is 19.6 Å². The smallest absolute Gasteiger partial charge is 0.457 e. The predicted molar refractivity (Wildman–Crippen MR) is 242 cm³/mol. The van der Waals surface area contributed by atoms with Gasteiger partial charge in [-0.05, 0) is 77.0 Å². The number of nitrogens with two attached hydrogens (primary N) is 1. The predicted octanol–water partition coefficient (Wildman–Crippen LogP) is 14.1. The molecule has 332 valence electrons. The first-order chi connectivity index (χ1) is 27.9. The molecule has 0 aromatic heterocycles. The zero-order valence-corrected chi connectivity index (χ0v) is 37.7. The zero-order chi connectivity index (χ0) is 41.6. The molecule has 0 saturated carbocycles. The Bertz CT molecular complexity index is 1060. The lowest BCUT2D eigenvalue weighted by atomic mass is 10.1. The fourth-order valence-corrected chi connectivity index (χ4v) is 7.04. The summed E-state index contributed by atoms with van der Waals surface area (Å²) in [5.74, 6) is -0.340. The van der Waals surface area contributed by atoms with Crippen LogP contribution in [0.25, 0.3) is 0 Å². The van der Waals surface area contributed by atoms with Crippen LogP contribution in [0.15, 0.2) is 60.8 Å². The number of phosphoric acid groups is 1. The molecule has 3 N–H and O–H groups in total. The molecule has 0 radical (unpaired) electrons. The summed E-state index contributed by atoms with van der Waals surface area (Å²) in [6.45, 7) is 4.78. The summed E-state index contributed by atoms with van der Waals surface area (Å²) in [5.41, 5.74) is 5.38. The molecule has 9 heteroatoms. The first-order valence-corrected chi connectivity index (χ1v) is 24.8. The monoisotopic (exact) mass is 822 g/mol. The van der Waals surface area contributed by atoms with Gasteiger partial charge in [0.15, 0.2) is 0 Å². The van der Waals surface area contributed by atoms with E-state index in [1.54, 1.807) is 0 Å². The van der Waals surface area contributed by atoms with Crippen LogP contribution in [-0.2, 0) is 27.9 Å². The fourth-order valence-electron chi connectivity index (χ4n) is 6.28. The molecule has 2 unspecified atom stereocenters. The van der Waals surface area contributed by atoms with Crippen LogP contribution in [0.5, 0.6) is 0 Å². The molecule has 0 aliphatic heterocycles. The Hall–Kier alpha value is -1.80. The van der Waals surface area contributed by atoms with Crippen molar-refractivity contribution in [3.63, 3.8) is 0 Å².